The van der Waals surface area contributed by atoms with Gasteiger partial charge in [-0.2, -0.15) is 0 Å². The second-order valence-corrected chi connectivity index (χ2v) is 7.77. The van der Waals surface area contributed by atoms with E-state index in [9.17, 15) is 4.79 Å². The van der Waals surface area contributed by atoms with Crippen LogP contribution in [0.25, 0.3) is 10.2 Å². The number of anilines is 1. The van der Waals surface area contributed by atoms with Crippen LogP contribution in [-0.4, -0.2) is 49.1 Å². The van der Waals surface area contributed by atoms with E-state index in [-0.39, 0.29) is 5.91 Å². The Bertz CT molecular complexity index is 938. The van der Waals surface area contributed by atoms with Gasteiger partial charge in [-0.1, -0.05) is 36.8 Å². The maximum atomic E-state index is 13.3. The third-order valence-corrected chi connectivity index (χ3v) is 5.98. The highest BCUT2D eigenvalue weighted by Crippen LogP contribution is 2.32. The second-order valence-electron chi connectivity index (χ2n) is 6.32. The number of hydrogen-bond acceptors (Lipinski definition) is 5. The van der Waals surface area contributed by atoms with Crippen LogP contribution >= 0.6 is 22.9 Å². The van der Waals surface area contributed by atoms with Gasteiger partial charge in [-0.3, -0.25) is 9.69 Å². The van der Waals surface area contributed by atoms with Gasteiger partial charge in [0.1, 0.15) is 5.75 Å². The topological polar surface area (TPSA) is 45.7 Å². The van der Waals surface area contributed by atoms with E-state index < -0.39 is 0 Å². The lowest BCUT2D eigenvalue weighted by atomic mass is 10.2. The van der Waals surface area contributed by atoms with Crippen molar-refractivity contribution in [2.45, 2.75) is 13.8 Å². The van der Waals surface area contributed by atoms with Gasteiger partial charge < -0.3 is 9.64 Å². The number of carbonyl (C=O) groups is 1. The van der Waals surface area contributed by atoms with Crippen LogP contribution in [0.4, 0.5) is 5.13 Å². The molecule has 0 saturated carbocycles. The number of nitrogens with zero attached hydrogens (tertiary/aromatic N) is 3. The summed E-state index contributed by atoms with van der Waals surface area (Å²) < 4.78 is 6.30. The molecule has 0 aliphatic carbocycles. The number of amides is 1. The average molecular weight is 418 g/mol. The molecule has 1 heterocycles. The number of methoxy groups -OCH3 is 1. The SMILES string of the molecule is CCN(CC)CCN(C(=O)c1ccc(Cl)cc1)c1nc2ccc(OC)cc2s1. The molecule has 0 bridgehead atoms. The minimum atomic E-state index is -0.0742. The van der Waals surface area contributed by atoms with E-state index in [0.29, 0.717) is 22.3 Å². The average Bonchev–Trinajstić information content (AvgIpc) is 3.14. The van der Waals surface area contributed by atoms with Gasteiger partial charge in [0.2, 0.25) is 0 Å². The summed E-state index contributed by atoms with van der Waals surface area (Å²) in [5.74, 6) is 0.705. The summed E-state index contributed by atoms with van der Waals surface area (Å²) in [7, 11) is 1.64. The van der Waals surface area contributed by atoms with Crippen molar-refractivity contribution in [3.8, 4) is 5.75 Å². The zero-order valence-corrected chi connectivity index (χ0v) is 17.9. The van der Waals surface area contributed by atoms with E-state index in [1.165, 1.54) is 11.3 Å². The van der Waals surface area contributed by atoms with Crippen LogP contribution < -0.4 is 9.64 Å². The molecule has 1 amide bonds. The van der Waals surface area contributed by atoms with Crippen LogP contribution in [0.3, 0.4) is 0 Å². The van der Waals surface area contributed by atoms with Crippen LogP contribution in [0.2, 0.25) is 5.02 Å². The fraction of sp³-hybridized carbons (Fsp3) is 0.333. The Morgan fingerprint density at radius 1 is 1.11 bits per heavy atom. The molecule has 7 heteroatoms. The molecule has 28 heavy (non-hydrogen) atoms. The lowest BCUT2D eigenvalue weighted by Crippen LogP contribution is -2.38. The first-order chi connectivity index (χ1) is 13.5. The van der Waals surface area contributed by atoms with Crippen molar-refractivity contribution in [3.63, 3.8) is 0 Å². The summed E-state index contributed by atoms with van der Waals surface area (Å²) in [6.07, 6.45) is 0. The largest absolute Gasteiger partial charge is 0.497 e. The number of benzene rings is 2. The Morgan fingerprint density at radius 3 is 2.46 bits per heavy atom. The monoisotopic (exact) mass is 417 g/mol. The van der Waals surface area contributed by atoms with Crippen molar-refractivity contribution >= 4 is 44.2 Å². The lowest BCUT2D eigenvalue weighted by molar-refractivity contribution is 0.0984. The summed E-state index contributed by atoms with van der Waals surface area (Å²) in [6.45, 7) is 7.48. The predicted octanol–water partition coefficient (Wildman–Crippen LogP) is 4.95. The van der Waals surface area contributed by atoms with E-state index in [1.54, 1.807) is 36.3 Å². The molecule has 0 saturated heterocycles. The molecule has 3 rings (SSSR count). The first-order valence-corrected chi connectivity index (χ1v) is 10.5. The molecule has 0 fully saturated rings. The quantitative estimate of drug-likeness (QED) is 0.520. The molecule has 0 atom stereocenters. The Hall–Kier alpha value is -2.15. The molecule has 0 N–H and O–H groups in total. The smallest absolute Gasteiger partial charge is 0.260 e. The van der Waals surface area contributed by atoms with Crippen molar-refractivity contribution < 1.29 is 9.53 Å². The molecule has 0 radical (unpaired) electrons. The van der Waals surface area contributed by atoms with E-state index in [0.717, 1.165) is 35.6 Å². The third kappa shape index (κ3) is 4.63. The van der Waals surface area contributed by atoms with Crippen molar-refractivity contribution in [2.75, 3.05) is 38.2 Å². The number of aromatic nitrogens is 1. The molecule has 2 aromatic carbocycles. The van der Waals surface area contributed by atoms with Gasteiger partial charge >= 0.3 is 0 Å². The first-order valence-electron chi connectivity index (χ1n) is 9.30. The number of likely N-dealkylation sites (N-methyl/N-ethyl adjacent to an activating group) is 1. The number of rotatable bonds is 8. The number of carbonyl (C=O) groups excluding carboxylic acids is 1. The maximum Gasteiger partial charge on any atom is 0.260 e. The highest BCUT2D eigenvalue weighted by atomic mass is 35.5. The molecule has 5 nitrogen and oxygen atoms in total. The van der Waals surface area contributed by atoms with Crippen molar-refractivity contribution in [3.05, 3.63) is 53.1 Å². The van der Waals surface area contributed by atoms with E-state index in [1.807, 2.05) is 18.2 Å². The normalized spacial score (nSPS) is 11.2. The number of halogens is 1. The number of ether oxygens (including phenoxy) is 1. The van der Waals surface area contributed by atoms with Crippen molar-refractivity contribution in [1.82, 2.24) is 9.88 Å². The van der Waals surface area contributed by atoms with Crippen LogP contribution in [0.15, 0.2) is 42.5 Å². The Balaban J connectivity index is 1.94. The van der Waals surface area contributed by atoms with Crippen LogP contribution in [-0.2, 0) is 0 Å². The van der Waals surface area contributed by atoms with Crippen LogP contribution in [0, 0.1) is 0 Å². The summed E-state index contributed by atoms with van der Waals surface area (Å²) in [6, 6.07) is 12.7. The van der Waals surface area contributed by atoms with Gasteiger partial charge in [0, 0.05) is 23.7 Å². The standard InChI is InChI=1S/C21H24ClN3O2S/c1-4-24(5-2)12-13-25(20(26)15-6-8-16(22)9-7-15)21-23-18-11-10-17(27-3)14-19(18)28-21/h6-11,14H,4-5,12-13H2,1-3H3. The fourth-order valence-corrected chi connectivity index (χ4v) is 4.09. The van der Waals surface area contributed by atoms with E-state index >= 15 is 0 Å². The van der Waals surface area contributed by atoms with Gasteiger partial charge in [-0.25, -0.2) is 4.98 Å². The zero-order chi connectivity index (χ0) is 20.1. The van der Waals surface area contributed by atoms with Crippen molar-refractivity contribution in [2.24, 2.45) is 0 Å². The van der Waals surface area contributed by atoms with Gasteiger partial charge in [0.15, 0.2) is 5.13 Å². The zero-order valence-electron chi connectivity index (χ0n) is 16.3. The predicted molar refractivity (Wildman–Crippen MR) is 117 cm³/mol. The lowest BCUT2D eigenvalue weighted by Gasteiger charge is -2.24. The molecule has 1 aromatic heterocycles. The molecule has 0 aliphatic rings. The molecule has 3 aromatic rings. The van der Waals surface area contributed by atoms with Gasteiger partial charge in [-0.05, 0) is 55.6 Å². The highest BCUT2D eigenvalue weighted by molar-refractivity contribution is 7.22. The first kappa shape index (κ1) is 20.6. The highest BCUT2D eigenvalue weighted by Gasteiger charge is 2.22. The van der Waals surface area contributed by atoms with Crippen LogP contribution in [0.1, 0.15) is 24.2 Å². The van der Waals surface area contributed by atoms with Crippen molar-refractivity contribution in [1.29, 1.82) is 0 Å². The van der Waals surface area contributed by atoms with Gasteiger partial charge in [-0.15, -0.1) is 0 Å². The van der Waals surface area contributed by atoms with E-state index in [4.69, 9.17) is 21.3 Å². The summed E-state index contributed by atoms with van der Waals surface area (Å²) >= 11 is 7.48. The number of fused-ring (bicyclic) bond motifs is 1. The molecule has 0 aliphatic heterocycles. The maximum absolute atomic E-state index is 13.3. The number of thiazole rings is 1. The molecule has 0 unspecified atom stereocenters. The Labute approximate surface area is 174 Å². The molecular weight excluding hydrogens is 394 g/mol. The summed E-state index contributed by atoms with van der Waals surface area (Å²) in [4.78, 5) is 22.0. The summed E-state index contributed by atoms with van der Waals surface area (Å²) in [5, 5.41) is 1.30. The van der Waals surface area contributed by atoms with Gasteiger partial charge in [0.25, 0.3) is 5.91 Å². The molecule has 0 spiro atoms. The van der Waals surface area contributed by atoms with E-state index in [2.05, 4.69) is 18.7 Å². The number of hydrogen-bond donors (Lipinski definition) is 0. The molecular formula is C21H24ClN3O2S. The molecule has 148 valence electrons. The third-order valence-electron chi connectivity index (χ3n) is 4.69. The fourth-order valence-electron chi connectivity index (χ4n) is 2.95. The van der Waals surface area contributed by atoms with Gasteiger partial charge in [0.05, 0.1) is 17.3 Å². The second kappa shape index (κ2) is 9.37. The summed E-state index contributed by atoms with van der Waals surface area (Å²) in [5.41, 5.74) is 1.46. The minimum absolute atomic E-state index is 0.0742. The minimum Gasteiger partial charge on any atom is -0.497 e. The Morgan fingerprint density at radius 2 is 1.82 bits per heavy atom. The van der Waals surface area contributed by atoms with Crippen LogP contribution in [0.5, 0.6) is 5.75 Å². The Kier molecular flexibility index (Phi) is 6.88.